The molecule has 0 aliphatic carbocycles. The lowest BCUT2D eigenvalue weighted by atomic mass is 9.81. The van der Waals surface area contributed by atoms with Gasteiger partial charge in [0.25, 0.3) is 0 Å². The number of nitrogens with one attached hydrogen (secondary N) is 5. The molecule has 5 aromatic rings. The third-order valence-electron chi connectivity index (χ3n) is 13.2. The van der Waals surface area contributed by atoms with Gasteiger partial charge in [0.2, 0.25) is 11.8 Å². The molecular weight excluding hydrogens is 815 g/mol. The number of methoxy groups -OCH3 is 1. The van der Waals surface area contributed by atoms with Gasteiger partial charge in [-0.2, -0.15) is 0 Å². The number of carboxylic acid groups (broad SMARTS) is 1. The van der Waals surface area contributed by atoms with Crippen LogP contribution in [0.4, 0.5) is 9.59 Å². The number of benzene rings is 3. The van der Waals surface area contributed by atoms with Crippen molar-refractivity contribution in [1.29, 1.82) is 0 Å². The monoisotopic (exact) mass is 875 g/mol. The van der Waals surface area contributed by atoms with Crippen LogP contribution in [-0.4, -0.2) is 97.2 Å². The summed E-state index contributed by atoms with van der Waals surface area (Å²) in [6.07, 6.45) is 2.94. The van der Waals surface area contributed by atoms with Gasteiger partial charge in [-0.05, 0) is 117 Å². The van der Waals surface area contributed by atoms with Gasteiger partial charge in [0, 0.05) is 19.1 Å². The maximum Gasteiger partial charge on any atom is 0.407 e. The SMILES string of the molecule is COC(=O)N[C@H](C(=O)N1CCC[C@H]1c1nc2ccc([C@H]3CC[C@@](c4ccc(OC(C)C)cc4)(c4ccc5nc([C@@H]6CCCN6C(=O)[C@@H](NC(=O)O)C(C)C)[nH]c5c4)N3)cc2[nH]1)C(C)C. The molecular formula is C48H61N9O7. The largest absolute Gasteiger partial charge is 0.491 e. The van der Waals surface area contributed by atoms with Crippen molar-refractivity contribution in [2.75, 3.05) is 20.2 Å². The number of ether oxygens (including phenoxy) is 2. The highest BCUT2D eigenvalue weighted by Gasteiger charge is 2.43. The molecule has 3 fully saturated rings. The van der Waals surface area contributed by atoms with E-state index < -0.39 is 29.8 Å². The molecule has 2 aromatic heterocycles. The Labute approximate surface area is 373 Å². The van der Waals surface area contributed by atoms with Gasteiger partial charge >= 0.3 is 12.2 Å². The van der Waals surface area contributed by atoms with Crippen molar-refractivity contribution >= 4 is 46.1 Å². The van der Waals surface area contributed by atoms with Crippen molar-refractivity contribution in [2.24, 2.45) is 11.8 Å². The number of nitrogens with zero attached hydrogens (tertiary/aromatic N) is 4. The first kappa shape index (κ1) is 44.4. The summed E-state index contributed by atoms with van der Waals surface area (Å²) >= 11 is 0. The quantitative estimate of drug-likeness (QED) is 0.0683. The molecule has 0 saturated carbocycles. The van der Waals surface area contributed by atoms with Gasteiger partial charge in [-0.15, -0.1) is 0 Å². The van der Waals surface area contributed by atoms with Gasteiger partial charge in [-0.1, -0.05) is 52.0 Å². The maximum atomic E-state index is 13.8. The number of aromatic nitrogens is 4. The Morgan fingerprint density at radius 2 is 1.28 bits per heavy atom. The Kier molecular flexibility index (Phi) is 12.6. The highest BCUT2D eigenvalue weighted by atomic mass is 16.5. The van der Waals surface area contributed by atoms with E-state index in [9.17, 15) is 24.3 Å². The average molecular weight is 876 g/mol. The number of carbonyl (C=O) groups is 4. The third-order valence-corrected chi connectivity index (χ3v) is 13.2. The molecule has 3 aliphatic heterocycles. The van der Waals surface area contributed by atoms with E-state index in [1.807, 2.05) is 70.7 Å². The summed E-state index contributed by atoms with van der Waals surface area (Å²) in [7, 11) is 1.29. The fourth-order valence-electron chi connectivity index (χ4n) is 9.97. The molecule has 3 saturated heterocycles. The molecule has 6 N–H and O–H groups in total. The lowest BCUT2D eigenvalue weighted by Crippen LogP contribution is -2.51. The lowest BCUT2D eigenvalue weighted by Gasteiger charge is -2.32. The molecule has 3 aliphatic rings. The summed E-state index contributed by atoms with van der Waals surface area (Å²) < 4.78 is 10.9. The van der Waals surface area contributed by atoms with Crippen molar-refractivity contribution < 1.29 is 33.8 Å². The number of likely N-dealkylation sites (tertiary alicyclic amines) is 2. The van der Waals surface area contributed by atoms with Gasteiger partial charge < -0.3 is 45.0 Å². The predicted molar refractivity (Wildman–Crippen MR) is 242 cm³/mol. The van der Waals surface area contributed by atoms with Gasteiger partial charge in [-0.3, -0.25) is 14.9 Å². The summed E-state index contributed by atoms with van der Waals surface area (Å²) in [6, 6.07) is 18.9. The Bertz CT molecular complexity index is 2520. The van der Waals surface area contributed by atoms with E-state index in [0.717, 1.165) is 88.9 Å². The zero-order valence-corrected chi connectivity index (χ0v) is 37.7. The number of hydrogen-bond acceptors (Lipinski definition) is 9. The molecule has 16 heteroatoms. The van der Waals surface area contributed by atoms with Gasteiger partial charge in [0.15, 0.2) is 0 Å². The molecule has 6 atom stereocenters. The summed E-state index contributed by atoms with van der Waals surface area (Å²) in [5.41, 5.74) is 6.04. The van der Waals surface area contributed by atoms with Crippen LogP contribution in [-0.2, 0) is 19.9 Å². The molecule has 64 heavy (non-hydrogen) atoms. The minimum absolute atomic E-state index is 0.0112. The third kappa shape index (κ3) is 8.71. The van der Waals surface area contributed by atoms with E-state index in [0.29, 0.717) is 18.9 Å². The number of rotatable bonds is 13. The smallest absolute Gasteiger partial charge is 0.407 e. The van der Waals surface area contributed by atoms with Gasteiger partial charge in [-0.25, -0.2) is 19.6 Å². The Balaban J connectivity index is 1.08. The Morgan fingerprint density at radius 1 is 0.734 bits per heavy atom. The first-order valence-corrected chi connectivity index (χ1v) is 22.6. The summed E-state index contributed by atoms with van der Waals surface area (Å²) in [5, 5.41) is 18.7. The number of aromatic amines is 2. The number of alkyl carbamates (subject to hydrolysis) is 1. The lowest BCUT2D eigenvalue weighted by molar-refractivity contribution is -0.136. The Morgan fingerprint density at radius 3 is 1.83 bits per heavy atom. The first-order chi connectivity index (χ1) is 30.6. The van der Waals surface area contributed by atoms with Crippen LogP contribution in [0.3, 0.4) is 0 Å². The fourth-order valence-corrected chi connectivity index (χ4v) is 9.97. The van der Waals surface area contributed by atoms with E-state index in [4.69, 9.17) is 19.4 Å². The molecule has 4 amide bonds. The van der Waals surface area contributed by atoms with Gasteiger partial charge in [0.1, 0.15) is 29.5 Å². The van der Waals surface area contributed by atoms with E-state index in [2.05, 4.69) is 62.3 Å². The van der Waals surface area contributed by atoms with Crippen LogP contribution in [0.1, 0.15) is 127 Å². The highest BCUT2D eigenvalue weighted by molar-refractivity contribution is 5.87. The summed E-state index contributed by atoms with van der Waals surface area (Å²) in [6.45, 7) is 12.6. The van der Waals surface area contributed by atoms with Crippen molar-refractivity contribution in [3.05, 3.63) is 89.0 Å². The van der Waals surface area contributed by atoms with Crippen LogP contribution in [0.2, 0.25) is 0 Å². The average Bonchev–Trinajstić information content (AvgIpc) is 4.12. The van der Waals surface area contributed by atoms with Crippen LogP contribution in [0.25, 0.3) is 22.1 Å². The Hall–Kier alpha value is -6.16. The predicted octanol–water partition coefficient (Wildman–Crippen LogP) is 7.59. The first-order valence-electron chi connectivity index (χ1n) is 22.6. The van der Waals surface area contributed by atoms with Crippen LogP contribution < -0.4 is 20.7 Å². The van der Waals surface area contributed by atoms with E-state index in [1.54, 1.807) is 4.90 Å². The van der Waals surface area contributed by atoms with Crippen LogP contribution in [0, 0.1) is 11.8 Å². The number of H-pyrrole nitrogens is 2. The zero-order valence-electron chi connectivity index (χ0n) is 37.7. The topological polar surface area (TPSA) is 207 Å². The van der Waals surface area contributed by atoms with E-state index in [-0.39, 0.29) is 47.9 Å². The zero-order chi connectivity index (χ0) is 45.4. The fraction of sp³-hybridized carbons (Fsp3) is 0.500. The van der Waals surface area contributed by atoms with Crippen LogP contribution >= 0.6 is 0 Å². The second-order valence-corrected chi connectivity index (χ2v) is 18.5. The maximum absolute atomic E-state index is 13.8. The normalized spacial score (nSPS) is 22.2. The molecule has 5 heterocycles. The van der Waals surface area contributed by atoms with Crippen molar-refractivity contribution in [1.82, 2.24) is 45.7 Å². The van der Waals surface area contributed by atoms with E-state index in [1.165, 1.54) is 7.11 Å². The molecule has 0 radical (unpaired) electrons. The molecule has 0 bridgehead atoms. The molecule has 3 aromatic carbocycles. The highest BCUT2D eigenvalue weighted by Crippen LogP contribution is 2.46. The molecule has 8 rings (SSSR count). The standard InChI is InChI=1S/C48H61N9O7/c1-26(2)40(53-46(60)61)44(58)56-22-8-11-39(56)43-50-35-19-15-31(25-37(35)52-43)48(30-13-16-32(17-14-30)64-28(5)6)21-20-33(55-48)29-12-18-34-36(24-29)51-42(49-34)38-10-9-23-57(38)45(59)41(27(3)4)54-47(62)63-7/h12-19,24-28,33,38-41,53,55H,8-11,20-23H2,1-7H3,(H,49,51)(H,50,52)(H,54,62)(H,60,61)/t33-,38+,39+,40+,41+,48-/m1/s1. The van der Waals surface area contributed by atoms with Crippen molar-refractivity contribution in [3.8, 4) is 5.75 Å². The molecule has 340 valence electrons. The molecule has 16 nitrogen and oxygen atoms in total. The molecule has 0 spiro atoms. The minimum Gasteiger partial charge on any atom is -0.491 e. The minimum atomic E-state index is -1.22. The number of fused-ring (bicyclic) bond motifs is 2. The van der Waals surface area contributed by atoms with Crippen LogP contribution in [0.5, 0.6) is 5.75 Å². The number of imidazole rings is 2. The second-order valence-electron chi connectivity index (χ2n) is 18.5. The number of carbonyl (C=O) groups excluding carboxylic acids is 3. The van der Waals surface area contributed by atoms with Gasteiger partial charge in [0.05, 0.1) is 52.9 Å². The second kappa shape index (κ2) is 18.1. The number of hydrogen-bond donors (Lipinski definition) is 6. The summed E-state index contributed by atoms with van der Waals surface area (Å²) in [5.74, 6) is 1.48. The summed E-state index contributed by atoms with van der Waals surface area (Å²) in [4.78, 5) is 72.0. The van der Waals surface area contributed by atoms with Crippen LogP contribution in [0.15, 0.2) is 60.7 Å². The molecule has 0 unspecified atom stereocenters. The van der Waals surface area contributed by atoms with Crippen molar-refractivity contribution in [2.45, 2.75) is 122 Å². The van der Waals surface area contributed by atoms with E-state index >= 15 is 0 Å². The number of amides is 4. The van der Waals surface area contributed by atoms with Crippen molar-refractivity contribution in [3.63, 3.8) is 0 Å².